The number of amides is 1. The Morgan fingerprint density at radius 3 is 2.28 bits per heavy atom. The van der Waals surface area contributed by atoms with E-state index in [9.17, 15) is 4.79 Å². The third-order valence-corrected chi connectivity index (χ3v) is 4.07. The molecule has 2 nitrogen and oxygen atoms in total. The van der Waals surface area contributed by atoms with Crippen molar-refractivity contribution in [2.45, 2.75) is 70.6 Å². The molecule has 1 fully saturated rings. The maximum absolute atomic E-state index is 11.8. The smallest absolute Gasteiger partial charge is 0.222 e. The van der Waals surface area contributed by atoms with Gasteiger partial charge in [0.2, 0.25) is 5.91 Å². The van der Waals surface area contributed by atoms with Gasteiger partial charge in [-0.1, -0.05) is 38.5 Å². The molecule has 18 heavy (non-hydrogen) atoms. The lowest BCUT2D eigenvalue weighted by atomic mass is 10.1. The van der Waals surface area contributed by atoms with E-state index in [1.54, 1.807) is 0 Å². The molecule has 0 bridgehead atoms. The van der Waals surface area contributed by atoms with Crippen molar-refractivity contribution in [3.05, 3.63) is 0 Å². The highest BCUT2D eigenvalue weighted by Gasteiger charge is 2.15. The number of nitrogens with zero attached hydrogens (tertiary/aromatic N) is 1. The van der Waals surface area contributed by atoms with Crippen LogP contribution in [-0.2, 0) is 4.79 Å². The van der Waals surface area contributed by atoms with Crippen molar-refractivity contribution >= 4 is 18.5 Å². The summed E-state index contributed by atoms with van der Waals surface area (Å²) < 4.78 is 0. The Morgan fingerprint density at radius 2 is 1.56 bits per heavy atom. The molecule has 106 valence electrons. The lowest BCUT2D eigenvalue weighted by molar-refractivity contribution is -0.130. The fourth-order valence-electron chi connectivity index (χ4n) is 2.57. The molecule has 0 saturated carbocycles. The van der Waals surface area contributed by atoms with Gasteiger partial charge in [0.25, 0.3) is 0 Å². The Kier molecular flexibility index (Phi) is 9.45. The summed E-state index contributed by atoms with van der Waals surface area (Å²) in [6.45, 7) is 2.00. The molecule has 0 atom stereocenters. The van der Waals surface area contributed by atoms with E-state index in [0.29, 0.717) is 5.91 Å². The first-order valence-electron chi connectivity index (χ1n) is 7.73. The standard InChI is InChI=1S/C15H29NOS/c17-15-11-7-6-9-13-16(15)12-8-4-2-1-3-5-10-14-18/h18H,1-14H2. The molecule has 1 rings (SSSR count). The number of likely N-dealkylation sites (tertiary alicyclic amines) is 1. The van der Waals surface area contributed by atoms with Crippen molar-refractivity contribution in [2.24, 2.45) is 0 Å². The summed E-state index contributed by atoms with van der Waals surface area (Å²) in [6, 6.07) is 0. The molecular weight excluding hydrogens is 242 g/mol. The van der Waals surface area contributed by atoms with Crippen molar-refractivity contribution < 1.29 is 4.79 Å². The zero-order valence-corrected chi connectivity index (χ0v) is 12.6. The van der Waals surface area contributed by atoms with Crippen molar-refractivity contribution in [3.8, 4) is 0 Å². The molecule has 0 spiro atoms. The molecule has 0 aliphatic carbocycles. The van der Waals surface area contributed by atoms with Crippen LogP contribution in [0.1, 0.15) is 70.6 Å². The van der Waals surface area contributed by atoms with Crippen molar-refractivity contribution in [3.63, 3.8) is 0 Å². The van der Waals surface area contributed by atoms with Crippen LogP contribution in [-0.4, -0.2) is 29.6 Å². The van der Waals surface area contributed by atoms with E-state index in [1.807, 2.05) is 0 Å². The molecule has 1 aliphatic heterocycles. The maximum Gasteiger partial charge on any atom is 0.222 e. The fraction of sp³-hybridized carbons (Fsp3) is 0.933. The Hall–Kier alpha value is -0.180. The van der Waals surface area contributed by atoms with E-state index in [1.165, 1.54) is 57.8 Å². The highest BCUT2D eigenvalue weighted by molar-refractivity contribution is 7.80. The molecule has 0 N–H and O–H groups in total. The van der Waals surface area contributed by atoms with E-state index in [4.69, 9.17) is 0 Å². The lowest BCUT2D eigenvalue weighted by Crippen LogP contribution is -2.31. The van der Waals surface area contributed by atoms with E-state index < -0.39 is 0 Å². The van der Waals surface area contributed by atoms with Crippen LogP contribution in [0.3, 0.4) is 0 Å². The van der Waals surface area contributed by atoms with Gasteiger partial charge in [-0.15, -0.1) is 0 Å². The first-order valence-corrected chi connectivity index (χ1v) is 8.36. The van der Waals surface area contributed by atoms with Crippen molar-refractivity contribution in [1.29, 1.82) is 0 Å². The van der Waals surface area contributed by atoms with Gasteiger partial charge in [0.1, 0.15) is 0 Å². The van der Waals surface area contributed by atoms with Crippen LogP contribution in [0.2, 0.25) is 0 Å². The molecule has 1 saturated heterocycles. The Balaban J connectivity index is 1.94. The number of carbonyl (C=O) groups is 1. The summed E-state index contributed by atoms with van der Waals surface area (Å²) in [4.78, 5) is 13.9. The van der Waals surface area contributed by atoms with E-state index >= 15 is 0 Å². The molecule has 0 unspecified atom stereocenters. The van der Waals surface area contributed by atoms with Gasteiger partial charge in [-0.05, 0) is 31.4 Å². The van der Waals surface area contributed by atoms with Gasteiger partial charge in [-0.25, -0.2) is 0 Å². The van der Waals surface area contributed by atoms with Crippen molar-refractivity contribution in [1.82, 2.24) is 4.90 Å². The van der Waals surface area contributed by atoms with E-state index in [2.05, 4.69) is 17.5 Å². The van der Waals surface area contributed by atoms with Gasteiger partial charge in [0, 0.05) is 19.5 Å². The Morgan fingerprint density at radius 1 is 0.889 bits per heavy atom. The van der Waals surface area contributed by atoms with Crippen LogP contribution in [0.25, 0.3) is 0 Å². The molecule has 3 heteroatoms. The minimum absolute atomic E-state index is 0.390. The molecule has 0 radical (unpaired) electrons. The van der Waals surface area contributed by atoms with Crippen LogP contribution < -0.4 is 0 Å². The topological polar surface area (TPSA) is 20.3 Å². The van der Waals surface area contributed by atoms with Crippen LogP contribution >= 0.6 is 12.6 Å². The van der Waals surface area contributed by atoms with Crippen LogP contribution in [0, 0.1) is 0 Å². The van der Waals surface area contributed by atoms with E-state index in [-0.39, 0.29) is 0 Å². The summed E-state index contributed by atoms with van der Waals surface area (Å²) >= 11 is 4.22. The number of rotatable bonds is 9. The summed E-state index contributed by atoms with van der Waals surface area (Å²) in [5.74, 6) is 1.41. The predicted octanol–water partition coefficient (Wildman–Crippen LogP) is 4.05. The highest BCUT2D eigenvalue weighted by atomic mass is 32.1. The molecule has 0 aromatic rings. The first-order chi connectivity index (χ1) is 8.84. The number of unbranched alkanes of at least 4 members (excludes halogenated alkanes) is 6. The first kappa shape index (κ1) is 15.9. The molecule has 1 amide bonds. The molecule has 0 aromatic carbocycles. The Bertz CT molecular complexity index is 221. The molecule has 1 heterocycles. The molecule has 0 aromatic heterocycles. The van der Waals surface area contributed by atoms with Gasteiger partial charge in [0.05, 0.1) is 0 Å². The highest BCUT2D eigenvalue weighted by Crippen LogP contribution is 2.13. The normalized spacial score (nSPS) is 16.9. The zero-order valence-electron chi connectivity index (χ0n) is 11.7. The van der Waals surface area contributed by atoms with Gasteiger partial charge >= 0.3 is 0 Å². The zero-order chi connectivity index (χ0) is 13.1. The minimum atomic E-state index is 0.390. The SMILES string of the molecule is O=C1CCCCCN1CCCCCCCCCS. The lowest BCUT2D eigenvalue weighted by Gasteiger charge is -2.20. The van der Waals surface area contributed by atoms with E-state index in [0.717, 1.165) is 31.7 Å². The predicted molar refractivity (Wildman–Crippen MR) is 81.2 cm³/mol. The summed E-state index contributed by atoms with van der Waals surface area (Å²) in [6.07, 6.45) is 13.4. The van der Waals surface area contributed by atoms with Gasteiger partial charge < -0.3 is 4.90 Å². The summed E-state index contributed by atoms with van der Waals surface area (Å²) in [5.41, 5.74) is 0. The quantitative estimate of drug-likeness (QED) is 0.495. The number of hydrogen-bond donors (Lipinski definition) is 1. The van der Waals surface area contributed by atoms with Gasteiger partial charge in [-0.2, -0.15) is 12.6 Å². The largest absolute Gasteiger partial charge is 0.343 e. The van der Waals surface area contributed by atoms with Gasteiger partial charge in [-0.3, -0.25) is 4.79 Å². The second-order valence-corrected chi connectivity index (χ2v) is 5.84. The second kappa shape index (κ2) is 10.7. The average Bonchev–Trinajstić information content (AvgIpc) is 2.58. The van der Waals surface area contributed by atoms with Crippen LogP contribution in [0.5, 0.6) is 0 Å². The number of thiol groups is 1. The number of hydrogen-bond acceptors (Lipinski definition) is 2. The van der Waals surface area contributed by atoms with Crippen LogP contribution in [0.4, 0.5) is 0 Å². The maximum atomic E-state index is 11.8. The second-order valence-electron chi connectivity index (χ2n) is 5.39. The summed E-state index contributed by atoms with van der Waals surface area (Å²) in [5, 5.41) is 0. The Labute approximate surface area is 118 Å². The van der Waals surface area contributed by atoms with Crippen LogP contribution in [0.15, 0.2) is 0 Å². The third-order valence-electron chi connectivity index (χ3n) is 3.76. The minimum Gasteiger partial charge on any atom is -0.343 e. The number of carbonyl (C=O) groups excluding carboxylic acids is 1. The third kappa shape index (κ3) is 7.30. The average molecular weight is 271 g/mol. The monoisotopic (exact) mass is 271 g/mol. The van der Waals surface area contributed by atoms with Gasteiger partial charge in [0.15, 0.2) is 0 Å². The summed E-state index contributed by atoms with van der Waals surface area (Å²) in [7, 11) is 0. The molecular formula is C15H29NOS. The molecule has 1 aliphatic rings. The fourth-order valence-corrected chi connectivity index (χ4v) is 2.80. The van der Waals surface area contributed by atoms with Crippen molar-refractivity contribution in [2.75, 3.05) is 18.8 Å².